The Morgan fingerprint density at radius 2 is 0.919 bits per heavy atom. The maximum Gasteiger partial charge on any atom is 2.00 e. The van der Waals surface area contributed by atoms with Gasteiger partial charge in [0.2, 0.25) is 11.4 Å². The second-order valence-electron chi connectivity index (χ2n) is 9.78. The molecule has 0 saturated heterocycles. The van der Waals surface area contributed by atoms with Crippen molar-refractivity contribution in [2.45, 2.75) is 105 Å². The van der Waals surface area contributed by atoms with Crippen LogP contribution in [0.1, 0.15) is 114 Å². The van der Waals surface area contributed by atoms with Crippen LogP contribution < -0.4 is 0 Å². The topological polar surface area (TPSA) is 25.3 Å². The van der Waals surface area contributed by atoms with E-state index in [0.29, 0.717) is 0 Å². The molecule has 0 spiro atoms. The van der Waals surface area contributed by atoms with Gasteiger partial charge in [-0.3, -0.25) is 0 Å². The molecule has 0 radical (unpaired) electrons. The molecule has 0 fully saturated rings. The fraction of sp³-hybridized carbons (Fsp3) is 0.471. The Morgan fingerprint density at radius 3 is 1.27 bits per heavy atom. The predicted octanol–water partition coefficient (Wildman–Crippen LogP) is 10.8. The van der Waals surface area contributed by atoms with Crippen LogP contribution in [0.25, 0.3) is 16.9 Å². The molecule has 3 rings (SSSR count). The Morgan fingerprint density at radius 1 is 0.568 bits per heavy atom. The van der Waals surface area contributed by atoms with Crippen LogP contribution >= 0.6 is 0 Å². The van der Waals surface area contributed by atoms with Crippen molar-refractivity contribution in [1.29, 1.82) is 0 Å². The van der Waals surface area contributed by atoms with Crippen LogP contribution in [0, 0.1) is 14.9 Å². The van der Waals surface area contributed by atoms with Gasteiger partial charge in [-0.1, -0.05) is 77.6 Å². The normalized spacial score (nSPS) is 12.8. The first-order chi connectivity index (χ1) is 16.6. The Labute approximate surface area is 239 Å². The van der Waals surface area contributed by atoms with E-state index in [1.165, 1.54) is 52.7 Å². The van der Waals surface area contributed by atoms with E-state index in [4.69, 9.17) is 0 Å². The number of allylic oxidation sites excluding steroid dienone is 2. The molecular formula is C34H50N2Ni. The number of benzene rings is 2. The van der Waals surface area contributed by atoms with Gasteiger partial charge in [-0.25, -0.2) is 4.70 Å². The van der Waals surface area contributed by atoms with E-state index in [1.54, 1.807) is 0 Å². The molecule has 0 amide bonds. The van der Waals surface area contributed by atoms with Gasteiger partial charge in [0.25, 0.3) is 0 Å². The van der Waals surface area contributed by atoms with E-state index >= 15 is 0 Å². The molecule has 2 aromatic carbocycles. The number of nitrogens with zero attached hydrogens (tertiary/aromatic N) is 2. The first-order valence-electron chi connectivity index (χ1n) is 13.8. The molecule has 0 N–H and O–H groups in total. The summed E-state index contributed by atoms with van der Waals surface area (Å²) in [7, 11) is 0. The largest absolute Gasteiger partial charge is 2.00 e. The van der Waals surface area contributed by atoms with E-state index in [9.17, 15) is 5.53 Å². The average molecular weight is 545 g/mol. The zero-order chi connectivity index (χ0) is 24.3. The standard InChI is InChI=1S/C32H44N2.2CH3.Ni/c1-5-9-15-25-17-13-19-27(23-25)31-29(21-11-7-3)30(22-12-8-4)32(34(31)33)28-20-14-18-26(24-28)16-10-6-2;;;/h13-14,17-20,23-24H,5-12,15-16,21-22H2,1-4H3;2*1H3;/q;2*-1;+2. The Hall–Kier alpha value is -1.99. The van der Waals surface area contributed by atoms with Crippen LogP contribution in [-0.2, 0) is 29.3 Å². The number of hydrogen-bond donors (Lipinski definition) is 0. The minimum atomic E-state index is 0. The molecule has 0 atom stereocenters. The van der Waals surface area contributed by atoms with Crippen molar-refractivity contribution in [1.82, 2.24) is 0 Å². The van der Waals surface area contributed by atoms with Crippen LogP contribution in [0.4, 0.5) is 0 Å². The summed E-state index contributed by atoms with van der Waals surface area (Å²) in [4.78, 5) is 0. The van der Waals surface area contributed by atoms with Gasteiger partial charge >= 0.3 is 16.5 Å². The van der Waals surface area contributed by atoms with E-state index < -0.39 is 0 Å². The summed E-state index contributed by atoms with van der Waals surface area (Å²) in [6.07, 6.45) is 13.6. The van der Waals surface area contributed by atoms with Gasteiger partial charge in [-0.15, -0.1) is 0 Å². The summed E-state index contributed by atoms with van der Waals surface area (Å²) in [6, 6.07) is 17.7. The first-order valence-corrected chi connectivity index (χ1v) is 13.8. The average Bonchev–Trinajstić information content (AvgIpc) is 3.14. The molecule has 2 aromatic rings. The number of hydrogen-bond acceptors (Lipinski definition) is 0. The van der Waals surface area contributed by atoms with E-state index in [-0.39, 0.29) is 31.3 Å². The van der Waals surface area contributed by atoms with Crippen molar-refractivity contribution in [2.75, 3.05) is 0 Å². The smallest absolute Gasteiger partial charge is 0.493 e. The zero-order valence-electron chi connectivity index (χ0n) is 24.3. The van der Waals surface area contributed by atoms with Gasteiger partial charge in [0, 0.05) is 22.3 Å². The van der Waals surface area contributed by atoms with Gasteiger partial charge in [0.15, 0.2) is 0 Å². The van der Waals surface area contributed by atoms with Crippen LogP contribution in [0.2, 0.25) is 0 Å². The third-order valence-corrected chi connectivity index (χ3v) is 6.96. The summed E-state index contributed by atoms with van der Waals surface area (Å²) >= 11 is 0. The van der Waals surface area contributed by atoms with Crippen molar-refractivity contribution in [3.05, 3.63) is 102 Å². The van der Waals surface area contributed by atoms with Crippen molar-refractivity contribution in [3.63, 3.8) is 0 Å². The molecule has 0 unspecified atom stereocenters. The molecule has 2 nitrogen and oxygen atoms in total. The molecule has 1 heterocycles. The molecule has 0 aromatic heterocycles. The maximum absolute atomic E-state index is 11.7. The van der Waals surface area contributed by atoms with Crippen LogP contribution in [0.5, 0.6) is 0 Å². The fourth-order valence-electron chi connectivity index (χ4n) is 5.00. The van der Waals surface area contributed by atoms with Gasteiger partial charge in [0.1, 0.15) is 0 Å². The first kappa shape index (κ1) is 35.0. The quantitative estimate of drug-likeness (QED) is 0.128. The van der Waals surface area contributed by atoms with Crippen LogP contribution in [0.15, 0.2) is 59.7 Å². The van der Waals surface area contributed by atoms with Crippen molar-refractivity contribution >= 4 is 11.4 Å². The molecule has 37 heavy (non-hydrogen) atoms. The van der Waals surface area contributed by atoms with E-state index in [2.05, 4.69) is 76.2 Å². The molecule has 0 saturated carbocycles. The second kappa shape index (κ2) is 18.3. The van der Waals surface area contributed by atoms with E-state index in [1.807, 2.05) is 0 Å². The number of unbranched alkanes of at least 4 members (excludes halogenated alkanes) is 4. The second-order valence-corrected chi connectivity index (χ2v) is 9.78. The summed E-state index contributed by atoms with van der Waals surface area (Å²) in [5.41, 5.74) is 21.5. The Kier molecular flexibility index (Phi) is 17.3. The molecule has 1 aliphatic heterocycles. The van der Waals surface area contributed by atoms with Gasteiger partial charge < -0.3 is 20.4 Å². The summed E-state index contributed by atoms with van der Waals surface area (Å²) in [6.45, 7) is 8.99. The SMILES string of the molecule is CCCCC1=C(c2cccc(CCCC)c2)[N+](=[N-])C(c2cccc(CCCC)c2)=C1CCCC.[CH3-].[CH3-].[Ni+2]. The molecule has 0 aliphatic carbocycles. The van der Waals surface area contributed by atoms with Gasteiger partial charge in [0.05, 0.1) is 0 Å². The third-order valence-electron chi connectivity index (χ3n) is 6.96. The zero-order valence-corrected chi connectivity index (χ0v) is 25.3. The van der Waals surface area contributed by atoms with Crippen LogP contribution in [-0.4, -0.2) is 4.70 Å². The van der Waals surface area contributed by atoms with E-state index in [0.717, 1.165) is 73.9 Å². The Balaban J connectivity index is 0.00000432. The Bertz CT molecular complexity index is 950. The fourth-order valence-corrected chi connectivity index (χ4v) is 5.00. The monoisotopic (exact) mass is 544 g/mol. The molecule has 206 valence electrons. The predicted molar refractivity (Wildman–Crippen MR) is 159 cm³/mol. The minimum Gasteiger partial charge on any atom is -0.493 e. The van der Waals surface area contributed by atoms with Gasteiger partial charge in [-0.2, -0.15) is 0 Å². The van der Waals surface area contributed by atoms with Crippen LogP contribution in [0.3, 0.4) is 0 Å². The van der Waals surface area contributed by atoms with Crippen molar-refractivity contribution < 1.29 is 21.2 Å². The summed E-state index contributed by atoms with van der Waals surface area (Å²) in [5.74, 6) is 0. The molecule has 0 bridgehead atoms. The van der Waals surface area contributed by atoms with Crippen molar-refractivity contribution in [3.8, 4) is 0 Å². The van der Waals surface area contributed by atoms with Crippen molar-refractivity contribution in [2.24, 2.45) is 0 Å². The third kappa shape index (κ3) is 9.06. The summed E-state index contributed by atoms with van der Waals surface area (Å²) < 4.78 is 1.54. The molecule has 1 aliphatic rings. The minimum absolute atomic E-state index is 0. The summed E-state index contributed by atoms with van der Waals surface area (Å²) in [5, 5.41) is 0. The maximum atomic E-state index is 11.7. The molecular weight excluding hydrogens is 495 g/mol. The molecule has 3 heteroatoms. The van der Waals surface area contributed by atoms with Gasteiger partial charge in [-0.05, 0) is 86.8 Å². The number of rotatable bonds is 14. The number of aryl methyl sites for hydroxylation is 2.